The van der Waals surface area contributed by atoms with Crippen LogP contribution in [-0.4, -0.2) is 22.2 Å². The van der Waals surface area contributed by atoms with Crippen LogP contribution in [0.15, 0.2) is 125 Å². The fourth-order valence-electron chi connectivity index (χ4n) is 5.00. The second-order valence-corrected chi connectivity index (χ2v) is 11.5. The third kappa shape index (κ3) is 10.2. The van der Waals surface area contributed by atoms with E-state index >= 15 is 0 Å². The highest BCUT2D eigenvalue weighted by Crippen LogP contribution is 2.20. The Morgan fingerprint density at radius 3 is 1.83 bits per heavy atom. The maximum absolute atomic E-state index is 4.36. The summed E-state index contributed by atoms with van der Waals surface area (Å²) in [5.41, 5.74) is 4.73. The minimum Gasteiger partial charge on any atom is -0.385 e. The van der Waals surface area contributed by atoms with E-state index in [-0.39, 0.29) is 0 Å². The molecule has 0 aliphatic carbocycles. The van der Waals surface area contributed by atoms with Crippen LogP contribution in [0.3, 0.4) is 0 Å². The van der Waals surface area contributed by atoms with E-state index in [1.807, 2.05) is 96.0 Å². The number of rotatable bonds is 17. The van der Waals surface area contributed by atoms with Crippen LogP contribution in [0.4, 0.5) is 34.4 Å². The van der Waals surface area contributed by atoms with Crippen LogP contribution in [0.25, 0.3) is 0 Å². The number of hydrogen-bond acceptors (Lipinski definition) is 6. The zero-order chi connectivity index (χ0) is 32.0. The van der Waals surface area contributed by atoms with Gasteiger partial charge in [-0.15, -0.1) is 0 Å². The van der Waals surface area contributed by atoms with Crippen molar-refractivity contribution in [3.63, 3.8) is 0 Å². The number of imidazole rings is 2. The lowest BCUT2D eigenvalue weighted by molar-refractivity contribution is -0.696. The van der Waals surface area contributed by atoms with Gasteiger partial charge < -0.3 is 10.6 Å². The molecule has 0 amide bonds. The Kier molecular flexibility index (Phi) is 11.7. The maximum Gasteiger partial charge on any atom is 0.421 e. The summed E-state index contributed by atoms with van der Waals surface area (Å²) < 4.78 is 10.4. The van der Waals surface area contributed by atoms with Crippen LogP contribution in [0, 0.1) is 0 Å². The normalized spacial score (nSPS) is 11.5. The zero-order valence-electron chi connectivity index (χ0n) is 27.2. The zero-order valence-corrected chi connectivity index (χ0v) is 27.2. The Morgan fingerprint density at radius 2 is 1.20 bits per heavy atom. The molecule has 0 saturated heterocycles. The van der Waals surface area contributed by atoms with Gasteiger partial charge in [0, 0.05) is 48.1 Å². The largest absolute Gasteiger partial charge is 0.421 e. The molecular formula is C35H46N11+3. The second kappa shape index (κ2) is 16.8. The predicted molar refractivity (Wildman–Crippen MR) is 180 cm³/mol. The topological polar surface area (TPSA) is 95.0 Å². The molecule has 0 aliphatic heterocycles. The number of nitrogens with one attached hydrogen (secondary N) is 2. The van der Waals surface area contributed by atoms with Crippen molar-refractivity contribution in [1.29, 1.82) is 0 Å². The molecule has 3 aromatic heterocycles. The van der Waals surface area contributed by atoms with Gasteiger partial charge in [-0.25, -0.2) is 22.8 Å². The third-order valence-electron chi connectivity index (χ3n) is 7.72. The number of nitrogens with zero attached hydrogens (tertiary/aromatic N) is 9. The second-order valence-electron chi connectivity index (χ2n) is 11.5. The van der Waals surface area contributed by atoms with Crippen molar-refractivity contribution in [3.05, 3.63) is 104 Å². The van der Waals surface area contributed by atoms with Crippen LogP contribution in [0.2, 0.25) is 0 Å². The molecule has 5 rings (SSSR count). The summed E-state index contributed by atoms with van der Waals surface area (Å²) in [4.78, 5) is 0. The van der Waals surface area contributed by atoms with Gasteiger partial charge in [0.2, 0.25) is 6.33 Å². The first-order valence-corrected chi connectivity index (χ1v) is 16.0. The summed E-state index contributed by atoms with van der Waals surface area (Å²) >= 11 is 0. The van der Waals surface area contributed by atoms with Crippen LogP contribution in [0.1, 0.15) is 32.1 Å². The lowest BCUT2D eigenvalue weighted by atomic mass is 10.2. The van der Waals surface area contributed by atoms with Crippen molar-refractivity contribution < 1.29 is 13.7 Å². The first-order valence-electron chi connectivity index (χ1n) is 16.0. The van der Waals surface area contributed by atoms with E-state index in [2.05, 4.69) is 83.2 Å². The smallest absolute Gasteiger partial charge is 0.385 e. The highest BCUT2D eigenvalue weighted by molar-refractivity contribution is 5.51. The number of pyridine rings is 1. The Morgan fingerprint density at radius 1 is 0.609 bits per heavy atom. The van der Waals surface area contributed by atoms with Crippen molar-refractivity contribution in [2.75, 3.05) is 23.7 Å². The number of aryl methyl sites for hydroxylation is 5. The highest BCUT2D eigenvalue weighted by atomic mass is 15.3. The molecule has 0 spiro atoms. The molecule has 3 heterocycles. The Labute approximate surface area is 271 Å². The number of unbranched alkanes of at least 4 members (excludes halogenated alkanes) is 3. The minimum atomic E-state index is 0.805. The molecule has 0 radical (unpaired) electrons. The van der Waals surface area contributed by atoms with E-state index < -0.39 is 0 Å². The number of hydrogen-bond donors (Lipinski definition) is 2. The van der Waals surface area contributed by atoms with Crippen LogP contribution >= 0.6 is 0 Å². The quantitative estimate of drug-likeness (QED) is 0.0682. The summed E-state index contributed by atoms with van der Waals surface area (Å²) in [5, 5.41) is 24.4. The Hall–Kier alpha value is -5.19. The van der Waals surface area contributed by atoms with E-state index in [1.165, 1.54) is 19.3 Å². The van der Waals surface area contributed by atoms with Crippen molar-refractivity contribution >= 4 is 34.4 Å². The Bertz CT molecular complexity index is 1660. The summed E-state index contributed by atoms with van der Waals surface area (Å²) in [6, 6.07) is 20.1. The van der Waals surface area contributed by atoms with E-state index in [9.17, 15) is 0 Å². The number of aromatic nitrogens is 5. The minimum absolute atomic E-state index is 0.805. The van der Waals surface area contributed by atoms with E-state index in [0.29, 0.717) is 0 Å². The molecule has 0 saturated carbocycles. The lowest BCUT2D eigenvalue weighted by Crippen LogP contribution is -2.32. The molecule has 0 aliphatic rings. The van der Waals surface area contributed by atoms with Crippen LogP contribution < -0.4 is 24.3 Å². The summed E-state index contributed by atoms with van der Waals surface area (Å²) in [6.07, 6.45) is 20.3. The molecule has 238 valence electrons. The van der Waals surface area contributed by atoms with Crippen molar-refractivity contribution in [2.24, 2.45) is 41.6 Å². The molecule has 11 heteroatoms. The van der Waals surface area contributed by atoms with Crippen molar-refractivity contribution in [2.45, 2.75) is 45.2 Å². The molecular weight excluding hydrogens is 574 g/mol. The lowest BCUT2D eigenvalue weighted by Gasteiger charge is -2.06. The number of benzene rings is 2. The van der Waals surface area contributed by atoms with Gasteiger partial charge in [-0.05, 0) is 67.8 Å². The van der Waals surface area contributed by atoms with Crippen LogP contribution in [-0.2, 0) is 34.2 Å². The molecule has 0 atom stereocenters. The highest BCUT2D eigenvalue weighted by Gasteiger charge is 2.10. The molecule has 2 aromatic carbocycles. The average Bonchev–Trinajstić information content (AvgIpc) is 3.67. The Balaban J connectivity index is 0.900. The molecule has 5 aromatic rings. The maximum atomic E-state index is 4.36. The van der Waals surface area contributed by atoms with Gasteiger partial charge in [0.05, 0.1) is 51.0 Å². The average molecular weight is 621 g/mol. The molecule has 0 fully saturated rings. The third-order valence-corrected chi connectivity index (χ3v) is 7.72. The number of anilines is 2. The monoisotopic (exact) mass is 620 g/mol. The first-order chi connectivity index (χ1) is 22.5. The van der Waals surface area contributed by atoms with Crippen molar-refractivity contribution in [1.82, 2.24) is 9.13 Å². The summed E-state index contributed by atoms with van der Waals surface area (Å²) in [5.74, 6) is 0.805. The van der Waals surface area contributed by atoms with Gasteiger partial charge in [0.1, 0.15) is 25.1 Å². The summed E-state index contributed by atoms with van der Waals surface area (Å²) in [7, 11) is 5.91. The van der Waals surface area contributed by atoms with Gasteiger partial charge >= 0.3 is 5.95 Å². The molecule has 0 bridgehead atoms. The van der Waals surface area contributed by atoms with Crippen LogP contribution in [0.5, 0.6) is 0 Å². The van der Waals surface area contributed by atoms with Gasteiger partial charge in [-0.2, -0.15) is 10.2 Å². The van der Waals surface area contributed by atoms with Gasteiger partial charge in [0.15, 0.2) is 12.4 Å². The van der Waals surface area contributed by atoms with E-state index in [0.717, 1.165) is 73.4 Å². The van der Waals surface area contributed by atoms with E-state index in [1.54, 1.807) is 0 Å². The SMILES string of the molecule is Cn1cc[n+](C)c1N=Nc1ccc(NCCCCCCn2cc[n+](CCCNc3ccc(N=Nc4cc[n+](C)cc4)cc3)c2)cc1. The fourth-order valence-corrected chi connectivity index (χ4v) is 5.00. The molecule has 11 nitrogen and oxygen atoms in total. The van der Waals surface area contributed by atoms with E-state index in [4.69, 9.17) is 0 Å². The van der Waals surface area contributed by atoms with Gasteiger partial charge in [-0.1, -0.05) is 11.5 Å². The van der Waals surface area contributed by atoms with Crippen molar-refractivity contribution in [3.8, 4) is 0 Å². The molecule has 0 unspecified atom stereocenters. The predicted octanol–water partition coefficient (Wildman–Crippen LogP) is 6.77. The first kappa shape index (κ1) is 32.2. The standard InChI is InChI=1S/C35H44N11/c1-42-23-17-34(18-24-42)39-38-32-13-9-31(10-14-32)37-20-8-22-46-28-27-45(29-46)21-7-5-4-6-19-36-30-11-15-33(16-12-30)40-41-35-43(2)25-26-44(35)3/h9-18,23-29H,4-8,19-22H2,1-3H3/q+1/p+2. The van der Waals surface area contributed by atoms with Gasteiger partial charge in [0.25, 0.3) is 0 Å². The molecule has 2 N–H and O–H groups in total. The summed E-state index contributed by atoms with van der Waals surface area (Å²) in [6.45, 7) is 3.93. The van der Waals surface area contributed by atoms with Gasteiger partial charge in [-0.3, -0.25) is 0 Å². The fraction of sp³-hybridized carbons (Fsp3) is 0.343. The molecule has 46 heavy (non-hydrogen) atoms. The number of azo groups is 2.